The number of aryl methyl sites for hydroxylation is 1. The molecule has 1 aromatic carbocycles. The molecule has 0 bridgehead atoms. The average molecular weight is 562 g/mol. The molecule has 9 heteroatoms. The quantitative estimate of drug-likeness (QED) is 0.259. The number of aromatic nitrogens is 3. The molecule has 1 aliphatic rings. The molecule has 1 unspecified atom stereocenters. The first kappa shape index (κ1) is 24.8. The van der Waals surface area contributed by atoms with E-state index < -0.39 is 0 Å². The van der Waals surface area contributed by atoms with Gasteiger partial charge >= 0.3 is 0 Å². The molecule has 3 aromatic rings. The topological polar surface area (TPSA) is 85.6 Å². The van der Waals surface area contributed by atoms with Crippen LogP contribution in [0.4, 0.5) is 0 Å². The van der Waals surface area contributed by atoms with Gasteiger partial charge in [-0.2, -0.15) is 0 Å². The molecule has 4 rings (SSSR count). The molecule has 0 saturated heterocycles. The van der Waals surface area contributed by atoms with Crippen molar-refractivity contribution in [2.75, 3.05) is 13.7 Å². The average Bonchev–Trinajstić information content (AvgIpc) is 3.38. The molecule has 176 valence electrons. The van der Waals surface area contributed by atoms with Gasteiger partial charge in [0.15, 0.2) is 5.96 Å². The number of hydrogen-bond acceptors (Lipinski definition) is 5. The van der Waals surface area contributed by atoms with E-state index in [1.165, 1.54) is 5.56 Å². The standard InChI is InChI=1S/C24H30N6O2.HI/c1-5-31-21-11-19-10-16(2)32-22(19)12-20(21)15-29-24(25-4)28-14-18-6-7-23(27-13-18)30-9-8-26-17(30)3;/h6-9,11-13,16H,5,10,14-15H2,1-4H3,(H2,25,28,29);1H. The van der Waals surface area contributed by atoms with Crippen molar-refractivity contribution in [3.63, 3.8) is 0 Å². The van der Waals surface area contributed by atoms with Crippen molar-refractivity contribution >= 4 is 29.9 Å². The third kappa shape index (κ3) is 5.95. The van der Waals surface area contributed by atoms with Crippen LogP contribution in [0.1, 0.15) is 36.4 Å². The van der Waals surface area contributed by atoms with E-state index in [9.17, 15) is 0 Å². The van der Waals surface area contributed by atoms with Crippen molar-refractivity contribution in [2.24, 2.45) is 4.99 Å². The van der Waals surface area contributed by atoms with Gasteiger partial charge in [0.1, 0.15) is 29.2 Å². The van der Waals surface area contributed by atoms with Crippen LogP contribution in [0.3, 0.4) is 0 Å². The lowest BCUT2D eigenvalue weighted by Gasteiger charge is -2.16. The number of ether oxygens (including phenoxy) is 2. The van der Waals surface area contributed by atoms with E-state index in [2.05, 4.69) is 44.7 Å². The van der Waals surface area contributed by atoms with Crippen LogP contribution in [0.5, 0.6) is 11.5 Å². The number of aliphatic imine (C=N–C) groups is 1. The zero-order valence-corrected chi connectivity index (χ0v) is 21.8. The Morgan fingerprint density at radius 2 is 2.06 bits per heavy atom. The first-order chi connectivity index (χ1) is 15.6. The lowest BCUT2D eigenvalue weighted by Crippen LogP contribution is -2.36. The van der Waals surface area contributed by atoms with Gasteiger partial charge in [0.2, 0.25) is 0 Å². The predicted octanol–water partition coefficient (Wildman–Crippen LogP) is 3.78. The number of nitrogens with zero attached hydrogens (tertiary/aromatic N) is 4. The summed E-state index contributed by atoms with van der Waals surface area (Å²) in [7, 11) is 1.76. The molecule has 2 N–H and O–H groups in total. The maximum atomic E-state index is 5.92. The van der Waals surface area contributed by atoms with E-state index >= 15 is 0 Å². The number of imidazole rings is 1. The number of halogens is 1. The smallest absolute Gasteiger partial charge is 0.191 e. The molecule has 0 saturated carbocycles. The van der Waals surface area contributed by atoms with Crippen LogP contribution in [-0.4, -0.2) is 40.3 Å². The minimum Gasteiger partial charge on any atom is -0.494 e. The lowest BCUT2D eigenvalue weighted by atomic mass is 10.1. The van der Waals surface area contributed by atoms with Gasteiger partial charge in [0.05, 0.1) is 6.61 Å². The van der Waals surface area contributed by atoms with Gasteiger partial charge < -0.3 is 20.1 Å². The maximum absolute atomic E-state index is 5.92. The molecule has 0 amide bonds. The normalized spacial score (nSPS) is 14.8. The molecule has 33 heavy (non-hydrogen) atoms. The van der Waals surface area contributed by atoms with E-state index in [1.807, 2.05) is 42.9 Å². The summed E-state index contributed by atoms with van der Waals surface area (Å²) in [6.45, 7) is 7.85. The van der Waals surface area contributed by atoms with Gasteiger partial charge in [0, 0.05) is 56.3 Å². The molecule has 8 nitrogen and oxygen atoms in total. The molecule has 1 atom stereocenters. The van der Waals surface area contributed by atoms with Gasteiger partial charge in [-0.05, 0) is 44.5 Å². The number of nitrogens with one attached hydrogen (secondary N) is 2. The summed E-state index contributed by atoms with van der Waals surface area (Å²) in [5.74, 6) is 4.30. The van der Waals surface area contributed by atoms with Crippen LogP contribution in [0.25, 0.3) is 5.82 Å². The molecule has 0 radical (unpaired) electrons. The fourth-order valence-corrected chi connectivity index (χ4v) is 3.78. The monoisotopic (exact) mass is 562 g/mol. The number of fused-ring (bicyclic) bond motifs is 1. The highest BCUT2D eigenvalue weighted by molar-refractivity contribution is 14.0. The Bertz CT molecular complexity index is 1100. The number of guanidine groups is 1. The predicted molar refractivity (Wildman–Crippen MR) is 140 cm³/mol. The summed E-state index contributed by atoms with van der Waals surface area (Å²) in [5.41, 5.74) is 3.31. The van der Waals surface area contributed by atoms with Crippen LogP contribution in [-0.2, 0) is 19.5 Å². The molecule has 0 fully saturated rings. The molecule has 0 spiro atoms. The Morgan fingerprint density at radius 3 is 2.73 bits per heavy atom. The summed E-state index contributed by atoms with van der Waals surface area (Å²) < 4.78 is 13.7. The molecule has 2 aromatic heterocycles. The first-order valence-corrected chi connectivity index (χ1v) is 10.9. The third-order valence-corrected chi connectivity index (χ3v) is 5.39. The lowest BCUT2D eigenvalue weighted by molar-refractivity contribution is 0.254. The van der Waals surface area contributed by atoms with E-state index in [-0.39, 0.29) is 30.1 Å². The van der Waals surface area contributed by atoms with Gasteiger partial charge in [-0.25, -0.2) is 9.97 Å². The third-order valence-electron chi connectivity index (χ3n) is 5.39. The molecule has 0 aliphatic carbocycles. The van der Waals surface area contributed by atoms with Gasteiger partial charge in [-0.3, -0.25) is 9.56 Å². The van der Waals surface area contributed by atoms with Crippen molar-refractivity contribution in [2.45, 2.75) is 46.4 Å². The number of hydrogen-bond donors (Lipinski definition) is 2. The van der Waals surface area contributed by atoms with Gasteiger partial charge in [-0.15, -0.1) is 24.0 Å². The first-order valence-electron chi connectivity index (χ1n) is 10.9. The Balaban J connectivity index is 0.00000306. The van der Waals surface area contributed by atoms with Gasteiger partial charge in [0.25, 0.3) is 0 Å². The van der Waals surface area contributed by atoms with Crippen LogP contribution >= 0.6 is 24.0 Å². The second-order valence-electron chi connectivity index (χ2n) is 7.78. The zero-order valence-electron chi connectivity index (χ0n) is 19.5. The second-order valence-corrected chi connectivity index (χ2v) is 7.78. The molecular formula is C24H31IN6O2. The molecule has 1 aliphatic heterocycles. The minimum absolute atomic E-state index is 0. The van der Waals surface area contributed by atoms with Crippen molar-refractivity contribution in [1.82, 2.24) is 25.2 Å². The van der Waals surface area contributed by atoms with Crippen molar-refractivity contribution < 1.29 is 9.47 Å². The van der Waals surface area contributed by atoms with E-state index in [0.717, 1.165) is 40.7 Å². The Labute approximate surface area is 211 Å². The Hall–Kier alpha value is -2.82. The molecular weight excluding hydrogens is 531 g/mol. The zero-order chi connectivity index (χ0) is 22.5. The minimum atomic E-state index is 0. The second kappa shape index (κ2) is 11.4. The summed E-state index contributed by atoms with van der Waals surface area (Å²) in [6.07, 6.45) is 6.66. The number of benzene rings is 1. The van der Waals surface area contributed by atoms with E-state index in [0.29, 0.717) is 25.7 Å². The highest BCUT2D eigenvalue weighted by Gasteiger charge is 2.22. The van der Waals surface area contributed by atoms with Crippen LogP contribution in [0, 0.1) is 6.92 Å². The van der Waals surface area contributed by atoms with Crippen LogP contribution < -0.4 is 20.1 Å². The Morgan fingerprint density at radius 1 is 1.24 bits per heavy atom. The largest absolute Gasteiger partial charge is 0.494 e. The summed E-state index contributed by atoms with van der Waals surface area (Å²) in [6, 6.07) is 8.21. The highest BCUT2D eigenvalue weighted by Crippen LogP contribution is 2.35. The summed E-state index contributed by atoms with van der Waals surface area (Å²) in [5, 5.41) is 6.71. The summed E-state index contributed by atoms with van der Waals surface area (Å²) >= 11 is 0. The van der Waals surface area contributed by atoms with E-state index in [4.69, 9.17) is 9.47 Å². The molecule has 3 heterocycles. The van der Waals surface area contributed by atoms with Gasteiger partial charge in [-0.1, -0.05) is 6.07 Å². The summed E-state index contributed by atoms with van der Waals surface area (Å²) in [4.78, 5) is 13.1. The van der Waals surface area contributed by atoms with E-state index in [1.54, 1.807) is 13.2 Å². The Kier molecular flexibility index (Phi) is 8.54. The fraction of sp³-hybridized carbons (Fsp3) is 0.375. The van der Waals surface area contributed by atoms with Crippen molar-refractivity contribution in [1.29, 1.82) is 0 Å². The maximum Gasteiger partial charge on any atom is 0.191 e. The fourth-order valence-electron chi connectivity index (χ4n) is 3.78. The SMILES string of the molecule is CCOc1cc2c(cc1CNC(=NC)NCc1ccc(-n3ccnc3C)nc1)OC(C)C2.I. The van der Waals surface area contributed by atoms with Crippen molar-refractivity contribution in [3.8, 4) is 17.3 Å². The highest BCUT2D eigenvalue weighted by atomic mass is 127. The number of rotatable bonds is 7. The number of pyridine rings is 1. The van der Waals surface area contributed by atoms with Crippen LogP contribution in [0.2, 0.25) is 0 Å². The van der Waals surface area contributed by atoms with Crippen molar-refractivity contribution in [3.05, 3.63) is 65.4 Å². The van der Waals surface area contributed by atoms with Crippen LogP contribution in [0.15, 0.2) is 47.8 Å².